The van der Waals surface area contributed by atoms with E-state index in [2.05, 4.69) is 15.0 Å². The van der Waals surface area contributed by atoms with Gasteiger partial charge in [-0.25, -0.2) is 9.50 Å². The van der Waals surface area contributed by atoms with E-state index >= 15 is 0 Å². The second-order valence-electron chi connectivity index (χ2n) is 6.13. The Kier molecular flexibility index (Phi) is 4.35. The van der Waals surface area contributed by atoms with Crippen LogP contribution in [-0.2, 0) is 11.2 Å². The van der Waals surface area contributed by atoms with Crippen LogP contribution in [0.4, 0.5) is 5.13 Å². The topological polar surface area (TPSA) is 53.7 Å². The monoisotopic (exact) mass is 375 g/mol. The van der Waals surface area contributed by atoms with E-state index in [1.807, 2.05) is 46.8 Å². The summed E-state index contributed by atoms with van der Waals surface area (Å²) in [5, 5.41) is 6.19. The first-order chi connectivity index (χ1) is 12.1. The third-order valence-electron chi connectivity index (χ3n) is 4.36. The molecular formula is C17H18ClN5OS. The van der Waals surface area contributed by atoms with Crippen LogP contribution in [0.5, 0.6) is 0 Å². The molecule has 3 heterocycles. The predicted octanol–water partition coefficient (Wildman–Crippen LogP) is 2.64. The maximum absolute atomic E-state index is 12.5. The summed E-state index contributed by atoms with van der Waals surface area (Å²) in [5.74, 6) is 0.123. The molecule has 2 aromatic heterocycles. The molecule has 8 heteroatoms. The second-order valence-corrected chi connectivity index (χ2v) is 7.47. The number of carbonyl (C=O) groups excluding carboxylic acids is 1. The first-order valence-electron chi connectivity index (χ1n) is 8.19. The fourth-order valence-electron chi connectivity index (χ4n) is 2.99. The summed E-state index contributed by atoms with van der Waals surface area (Å²) in [6.07, 6.45) is 2.28. The lowest BCUT2D eigenvalue weighted by molar-refractivity contribution is -0.130. The van der Waals surface area contributed by atoms with Gasteiger partial charge in [-0.15, -0.1) is 5.10 Å². The van der Waals surface area contributed by atoms with E-state index < -0.39 is 0 Å². The number of aromatic nitrogens is 3. The number of hydrogen-bond acceptors (Lipinski definition) is 5. The number of carbonyl (C=O) groups is 1. The third-order valence-corrected chi connectivity index (χ3v) is 5.71. The minimum absolute atomic E-state index is 0.123. The van der Waals surface area contributed by atoms with Crippen LogP contribution in [0.2, 0.25) is 5.02 Å². The van der Waals surface area contributed by atoms with Gasteiger partial charge in [-0.3, -0.25) is 4.79 Å². The standard InChI is InChI=1S/C17H18ClN5OS/c1-12-11-23-16(19-12)25-17(20-23)22-8-6-21(7-9-22)15(24)10-13-4-2-3-5-14(13)18/h2-5,11H,6-10H2,1H3. The van der Waals surface area contributed by atoms with Crippen LogP contribution in [-0.4, -0.2) is 51.6 Å². The first-order valence-corrected chi connectivity index (χ1v) is 9.38. The Hall–Kier alpha value is -2.12. The van der Waals surface area contributed by atoms with Crippen molar-refractivity contribution in [2.24, 2.45) is 0 Å². The Bertz CT molecular complexity index is 881. The molecule has 1 amide bonds. The number of anilines is 1. The molecule has 6 nitrogen and oxygen atoms in total. The molecule has 1 aromatic carbocycles. The van der Waals surface area contributed by atoms with Crippen molar-refractivity contribution in [2.45, 2.75) is 13.3 Å². The molecule has 1 aliphatic rings. The molecule has 0 aliphatic carbocycles. The molecule has 25 heavy (non-hydrogen) atoms. The van der Waals surface area contributed by atoms with Gasteiger partial charge in [0.15, 0.2) is 0 Å². The largest absolute Gasteiger partial charge is 0.343 e. The van der Waals surface area contributed by atoms with Gasteiger partial charge in [0.1, 0.15) is 0 Å². The molecule has 0 atom stereocenters. The van der Waals surface area contributed by atoms with Crippen molar-refractivity contribution in [3.8, 4) is 0 Å². The normalized spacial score (nSPS) is 15.1. The van der Waals surface area contributed by atoms with Crippen LogP contribution < -0.4 is 4.90 Å². The van der Waals surface area contributed by atoms with Crippen LogP contribution in [0.1, 0.15) is 11.3 Å². The highest BCUT2D eigenvalue weighted by Gasteiger charge is 2.24. The highest BCUT2D eigenvalue weighted by molar-refractivity contribution is 7.20. The molecule has 0 saturated carbocycles. The molecule has 0 radical (unpaired) electrons. The lowest BCUT2D eigenvalue weighted by Crippen LogP contribution is -2.49. The summed E-state index contributed by atoms with van der Waals surface area (Å²) >= 11 is 7.74. The van der Waals surface area contributed by atoms with E-state index in [0.717, 1.165) is 34.4 Å². The number of halogens is 1. The van der Waals surface area contributed by atoms with E-state index in [-0.39, 0.29) is 5.91 Å². The SMILES string of the molecule is Cc1cn2nc(N3CCN(C(=O)Cc4ccccc4Cl)CC3)sc2n1. The zero-order valence-corrected chi connectivity index (χ0v) is 15.4. The Morgan fingerprint density at radius 2 is 2.00 bits per heavy atom. The van der Waals surface area contributed by atoms with Gasteiger partial charge in [0.05, 0.1) is 18.3 Å². The maximum atomic E-state index is 12.5. The summed E-state index contributed by atoms with van der Waals surface area (Å²) in [6.45, 7) is 4.92. The second kappa shape index (κ2) is 6.65. The number of piperazine rings is 1. The molecule has 0 spiro atoms. The Balaban J connectivity index is 1.38. The van der Waals surface area contributed by atoms with E-state index in [0.29, 0.717) is 24.5 Å². The Morgan fingerprint density at radius 3 is 2.72 bits per heavy atom. The van der Waals surface area contributed by atoms with Gasteiger partial charge in [-0.1, -0.05) is 41.1 Å². The van der Waals surface area contributed by atoms with E-state index in [9.17, 15) is 4.79 Å². The molecule has 1 fully saturated rings. The van der Waals surface area contributed by atoms with E-state index in [1.165, 1.54) is 0 Å². The lowest BCUT2D eigenvalue weighted by Gasteiger charge is -2.34. The number of benzene rings is 1. The first kappa shape index (κ1) is 16.4. The minimum Gasteiger partial charge on any atom is -0.343 e. The molecule has 0 N–H and O–H groups in total. The molecule has 130 valence electrons. The number of amides is 1. The zero-order chi connectivity index (χ0) is 17.4. The van der Waals surface area contributed by atoms with Crippen molar-refractivity contribution < 1.29 is 4.79 Å². The van der Waals surface area contributed by atoms with Crippen LogP contribution in [0.15, 0.2) is 30.5 Å². The third kappa shape index (κ3) is 3.34. The molecular weight excluding hydrogens is 358 g/mol. The van der Waals surface area contributed by atoms with E-state index in [1.54, 1.807) is 11.3 Å². The van der Waals surface area contributed by atoms with Gasteiger partial charge in [-0.05, 0) is 18.6 Å². The van der Waals surface area contributed by atoms with Crippen LogP contribution in [0.25, 0.3) is 4.96 Å². The van der Waals surface area contributed by atoms with Gasteiger partial charge in [0.25, 0.3) is 0 Å². The number of hydrogen-bond donors (Lipinski definition) is 0. The number of fused-ring (bicyclic) bond motifs is 1. The molecule has 4 rings (SSSR count). The van der Waals surface area contributed by atoms with Crippen molar-refractivity contribution >= 4 is 38.9 Å². The minimum atomic E-state index is 0.123. The van der Waals surface area contributed by atoms with Crippen molar-refractivity contribution in [3.05, 3.63) is 46.7 Å². The van der Waals surface area contributed by atoms with Gasteiger partial charge >= 0.3 is 0 Å². The molecule has 3 aromatic rings. The fourth-order valence-corrected chi connectivity index (χ4v) is 4.17. The van der Waals surface area contributed by atoms with Gasteiger partial charge in [-0.2, -0.15) is 0 Å². The maximum Gasteiger partial charge on any atom is 0.227 e. The van der Waals surface area contributed by atoms with Gasteiger partial charge in [0.2, 0.25) is 16.0 Å². The summed E-state index contributed by atoms with van der Waals surface area (Å²) in [4.78, 5) is 22.0. The summed E-state index contributed by atoms with van der Waals surface area (Å²) < 4.78 is 1.82. The smallest absolute Gasteiger partial charge is 0.227 e. The number of aryl methyl sites for hydroxylation is 1. The zero-order valence-electron chi connectivity index (χ0n) is 13.9. The lowest BCUT2D eigenvalue weighted by atomic mass is 10.1. The quantitative estimate of drug-likeness (QED) is 0.706. The highest BCUT2D eigenvalue weighted by atomic mass is 35.5. The van der Waals surface area contributed by atoms with Gasteiger partial charge in [0, 0.05) is 31.2 Å². The molecule has 1 aliphatic heterocycles. The average Bonchev–Trinajstić information content (AvgIpc) is 3.14. The van der Waals surface area contributed by atoms with E-state index in [4.69, 9.17) is 11.6 Å². The average molecular weight is 376 g/mol. The predicted molar refractivity (Wildman–Crippen MR) is 99.6 cm³/mol. The van der Waals surface area contributed by atoms with Gasteiger partial charge < -0.3 is 9.80 Å². The fraction of sp³-hybridized carbons (Fsp3) is 0.353. The van der Waals surface area contributed by atoms with Crippen molar-refractivity contribution in [1.82, 2.24) is 19.5 Å². The molecule has 1 saturated heterocycles. The van der Waals surface area contributed by atoms with Crippen molar-refractivity contribution in [3.63, 3.8) is 0 Å². The number of nitrogens with zero attached hydrogens (tertiary/aromatic N) is 5. The van der Waals surface area contributed by atoms with Crippen LogP contribution in [0, 0.1) is 6.92 Å². The summed E-state index contributed by atoms with van der Waals surface area (Å²) in [5.41, 5.74) is 1.86. The van der Waals surface area contributed by atoms with Crippen molar-refractivity contribution in [2.75, 3.05) is 31.1 Å². The summed E-state index contributed by atoms with van der Waals surface area (Å²) in [7, 11) is 0. The van der Waals surface area contributed by atoms with Crippen molar-refractivity contribution in [1.29, 1.82) is 0 Å². The van der Waals surface area contributed by atoms with Crippen LogP contribution >= 0.6 is 22.9 Å². The Labute approximate surface area is 154 Å². The summed E-state index contributed by atoms with van der Waals surface area (Å²) in [6, 6.07) is 7.51. The molecule has 0 unspecified atom stereocenters. The molecule has 0 bridgehead atoms. The highest BCUT2D eigenvalue weighted by Crippen LogP contribution is 2.24. The Morgan fingerprint density at radius 1 is 1.24 bits per heavy atom. The number of rotatable bonds is 3. The van der Waals surface area contributed by atoms with Crippen LogP contribution in [0.3, 0.4) is 0 Å². The number of imidazole rings is 1.